The molecule has 0 heterocycles. The van der Waals surface area contributed by atoms with Gasteiger partial charge in [0, 0.05) is 12.1 Å². The summed E-state index contributed by atoms with van der Waals surface area (Å²) < 4.78 is 48.6. The van der Waals surface area contributed by atoms with Crippen LogP contribution < -0.4 is 10.1 Å². The Balaban J connectivity index is 1.96. The van der Waals surface area contributed by atoms with E-state index in [1.807, 2.05) is 6.07 Å². The number of ether oxygens (including phenoxy) is 2. The zero-order chi connectivity index (χ0) is 20.7. The highest BCUT2D eigenvalue weighted by Gasteiger charge is 2.33. The first-order valence-electron chi connectivity index (χ1n) is 8.28. The lowest BCUT2D eigenvalue weighted by atomic mass is 10.0. The minimum Gasteiger partial charge on any atom is -0.496 e. The van der Waals surface area contributed by atoms with Crippen molar-refractivity contribution in [3.05, 3.63) is 65.2 Å². The molecule has 1 amide bonds. The molecule has 0 aliphatic heterocycles. The number of methoxy groups -OCH3 is 1. The van der Waals surface area contributed by atoms with E-state index >= 15 is 0 Å². The molecule has 2 unspecified atom stereocenters. The van der Waals surface area contributed by atoms with E-state index in [-0.39, 0.29) is 17.9 Å². The monoisotopic (exact) mass is 399 g/mol. The molecule has 0 bridgehead atoms. The van der Waals surface area contributed by atoms with Crippen LogP contribution in [-0.2, 0) is 17.5 Å². The molecule has 0 aliphatic rings. The topological polar surface area (TPSA) is 88.0 Å². The number of nitrogens with one attached hydrogen (secondary N) is 1. The first-order chi connectivity index (χ1) is 13.2. The number of carbonyl (C=O) groups is 1. The van der Waals surface area contributed by atoms with Gasteiger partial charge in [0.25, 0.3) is 0 Å². The van der Waals surface area contributed by atoms with E-state index in [2.05, 4.69) is 5.32 Å². The van der Waals surface area contributed by atoms with Gasteiger partial charge in [0.05, 0.1) is 12.7 Å². The van der Waals surface area contributed by atoms with Gasteiger partial charge in [-0.05, 0) is 23.8 Å². The lowest BCUT2D eigenvalue weighted by Crippen LogP contribution is -2.36. The summed E-state index contributed by atoms with van der Waals surface area (Å²) in [5, 5.41) is 22.5. The number of aliphatic hydroxyl groups is 2. The van der Waals surface area contributed by atoms with Crippen molar-refractivity contribution in [2.75, 3.05) is 13.7 Å². The first kappa shape index (κ1) is 21.5. The Morgan fingerprint density at radius 2 is 1.82 bits per heavy atom. The quantitative estimate of drug-likeness (QED) is 0.666. The number of carbonyl (C=O) groups excluding carboxylic acids is 1. The third-order valence-corrected chi connectivity index (χ3v) is 3.91. The van der Waals surface area contributed by atoms with Crippen LogP contribution in [0.25, 0.3) is 0 Å². The average Bonchev–Trinajstić information content (AvgIpc) is 2.69. The van der Waals surface area contributed by atoms with E-state index in [1.54, 1.807) is 24.3 Å². The number of rotatable bonds is 7. The van der Waals surface area contributed by atoms with Crippen molar-refractivity contribution in [2.24, 2.45) is 0 Å². The molecule has 2 aromatic carbocycles. The van der Waals surface area contributed by atoms with Gasteiger partial charge >= 0.3 is 12.3 Å². The van der Waals surface area contributed by atoms with E-state index < -0.39 is 36.6 Å². The fourth-order valence-corrected chi connectivity index (χ4v) is 2.42. The number of aliphatic hydroxyl groups excluding tert-OH is 2. The summed E-state index contributed by atoms with van der Waals surface area (Å²) >= 11 is 0. The smallest absolute Gasteiger partial charge is 0.416 e. The molecule has 2 rings (SSSR count). The van der Waals surface area contributed by atoms with Crippen molar-refractivity contribution in [3.63, 3.8) is 0 Å². The van der Waals surface area contributed by atoms with E-state index in [0.717, 1.165) is 17.7 Å². The van der Waals surface area contributed by atoms with Crippen LogP contribution in [0.2, 0.25) is 0 Å². The maximum atomic E-state index is 12.9. The van der Waals surface area contributed by atoms with Gasteiger partial charge in [-0.3, -0.25) is 0 Å². The normalized spacial score (nSPS) is 13.5. The lowest BCUT2D eigenvalue weighted by Gasteiger charge is -2.21. The number of alkyl halides is 3. The zero-order valence-corrected chi connectivity index (χ0v) is 14.9. The van der Waals surface area contributed by atoms with Crippen molar-refractivity contribution in [1.82, 2.24) is 5.32 Å². The third-order valence-electron chi connectivity index (χ3n) is 3.91. The molecule has 0 saturated carbocycles. The molecule has 3 N–H and O–H groups in total. The van der Waals surface area contributed by atoms with Gasteiger partial charge in [-0.15, -0.1) is 0 Å². The van der Waals surface area contributed by atoms with Gasteiger partial charge < -0.3 is 25.0 Å². The van der Waals surface area contributed by atoms with Crippen molar-refractivity contribution in [3.8, 4) is 5.75 Å². The van der Waals surface area contributed by atoms with Gasteiger partial charge in [0.1, 0.15) is 24.6 Å². The molecule has 0 aliphatic carbocycles. The molecular formula is C19H20F3NO5. The zero-order valence-electron chi connectivity index (χ0n) is 14.9. The number of alkyl carbamates (subject to hydrolysis) is 1. The van der Waals surface area contributed by atoms with Gasteiger partial charge in [-0.1, -0.05) is 30.3 Å². The van der Waals surface area contributed by atoms with E-state index in [4.69, 9.17) is 9.47 Å². The van der Waals surface area contributed by atoms with Crippen LogP contribution in [0.1, 0.15) is 22.8 Å². The Morgan fingerprint density at radius 3 is 2.43 bits per heavy atom. The van der Waals surface area contributed by atoms with E-state index in [9.17, 15) is 28.2 Å². The van der Waals surface area contributed by atoms with Gasteiger partial charge in [0.15, 0.2) is 0 Å². The van der Waals surface area contributed by atoms with Crippen LogP contribution >= 0.6 is 0 Å². The Bertz CT molecular complexity index is 783. The molecule has 9 heteroatoms. The summed E-state index contributed by atoms with van der Waals surface area (Å²) in [6, 6.07) is 11.4. The fourth-order valence-electron chi connectivity index (χ4n) is 2.42. The molecule has 2 aromatic rings. The second kappa shape index (κ2) is 9.43. The van der Waals surface area contributed by atoms with E-state index in [1.165, 1.54) is 7.11 Å². The van der Waals surface area contributed by atoms with Crippen LogP contribution in [0.5, 0.6) is 5.75 Å². The van der Waals surface area contributed by atoms with Crippen molar-refractivity contribution >= 4 is 6.09 Å². The highest BCUT2D eigenvalue weighted by Crippen LogP contribution is 2.35. The molecule has 0 aromatic heterocycles. The number of amides is 1. The maximum absolute atomic E-state index is 12.9. The third kappa shape index (κ3) is 5.86. The van der Waals surface area contributed by atoms with E-state index in [0.29, 0.717) is 6.07 Å². The van der Waals surface area contributed by atoms with Crippen molar-refractivity contribution < 1.29 is 37.7 Å². The summed E-state index contributed by atoms with van der Waals surface area (Å²) in [7, 11) is 1.23. The fraction of sp³-hybridized carbons (Fsp3) is 0.316. The Morgan fingerprint density at radius 1 is 1.14 bits per heavy atom. The Labute approximate surface area is 159 Å². The first-order valence-corrected chi connectivity index (χ1v) is 8.28. The summed E-state index contributed by atoms with van der Waals surface area (Å²) in [6.45, 7) is -0.430. The molecule has 6 nitrogen and oxygen atoms in total. The highest BCUT2D eigenvalue weighted by molar-refractivity contribution is 5.67. The second-order valence-corrected chi connectivity index (χ2v) is 5.91. The van der Waals surface area contributed by atoms with Crippen LogP contribution in [0, 0.1) is 0 Å². The van der Waals surface area contributed by atoms with Gasteiger partial charge in [0.2, 0.25) is 0 Å². The molecule has 0 saturated heterocycles. The average molecular weight is 399 g/mol. The second-order valence-electron chi connectivity index (χ2n) is 5.91. The van der Waals surface area contributed by atoms with Crippen LogP contribution in [-0.4, -0.2) is 36.1 Å². The lowest BCUT2D eigenvalue weighted by molar-refractivity contribution is -0.137. The summed E-state index contributed by atoms with van der Waals surface area (Å²) in [5.41, 5.74) is -0.485. The van der Waals surface area contributed by atoms with Gasteiger partial charge in [-0.2, -0.15) is 13.2 Å². The number of benzene rings is 2. The highest BCUT2D eigenvalue weighted by atomic mass is 19.4. The molecule has 28 heavy (non-hydrogen) atoms. The van der Waals surface area contributed by atoms with Crippen LogP contribution in [0.15, 0.2) is 48.5 Å². The molecule has 0 spiro atoms. The molecule has 0 fully saturated rings. The molecule has 2 atom stereocenters. The standard InChI is InChI=1S/C19H20F3NO5/c1-27-16-8-7-13(19(20,21)22)9-14(16)17(25)15(24)10-23-18(26)28-11-12-5-3-2-4-6-12/h2-9,15,17,24-25H,10-11H2,1H3,(H,23,26). The largest absolute Gasteiger partial charge is 0.496 e. The SMILES string of the molecule is COc1ccc(C(F)(F)F)cc1C(O)C(O)CNC(=O)OCc1ccccc1. The Kier molecular flexibility index (Phi) is 7.24. The molecular weight excluding hydrogens is 379 g/mol. The van der Waals surface area contributed by atoms with Crippen LogP contribution in [0.3, 0.4) is 0 Å². The van der Waals surface area contributed by atoms with Crippen molar-refractivity contribution in [2.45, 2.75) is 25.0 Å². The summed E-state index contributed by atoms with van der Waals surface area (Å²) in [6.07, 6.45) is -8.76. The summed E-state index contributed by atoms with van der Waals surface area (Å²) in [5.74, 6) is -0.0220. The minimum absolute atomic E-state index is 0.00672. The predicted molar refractivity (Wildman–Crippen MR) is 93.6 cm³/mol. The molecule has 0 radical (unpaired) electrons. The summed E-state index contributed by atoms with van der Waals surface area (Å²) in [4.78, 5) is 11.7. The predicted octanol–water partition coefficient (Wildman–Crippen LogP) is 3.03. The van der Waals surface area contributed by atoms with Gasteiger partial charge in [-0.25, -0.2) is 4.79 Å². The molecule has 152 valence electrons. The minimum atomic E-state index is -4.62. The maximum Gasteiger partial charge on any atom is 0.416 e. The number of halogens is 3. The van der Waals surface area contributed by atoms with Crippen LogP contribution in [0.4, 0.5) is 18.0 Å². The number of hydrogen-bond acceptors (Lipinski definition) is 5. The van der Waals surface area contributed by atoms with Crippen molar-refractivity contribution in [1.29, 1.82) is 0 Å². The Hall–Kier alpha value is -2.78. The number of hydrogen-bond donors (Lipinski definition) is 3.